The molecule has 0 amide bonds. The molecule has 4 nitrogen and oxygen atoms in total. The van der Waals surface area contributed by atoms with Crippen molar-refractivity contribution in [1.29, 1.82) is 0 Å². The van der Waals surface area contributed by atoms with Crippen molar-refractivity contribution in [2.24, 2.45) is 4.99 Å². The van der Waals surface area contributed by atoms with Crippen molar-refractivity contribution in [3.63, 3.8) is 0 Å². The summed E-state index contributed by atoms with van der Waals surface area (Å²) in [7, 11) is 1.73. The van der Waals surface area contributed by atoms with Gasteiger partial charge in [-0.1, -0.05) is 22.0 Å². The fraction of sp³-hybridized carbons (Fsp3) is 0.353. The minimum atomic E-state index is -0.166. The number of rotatable bonds is 7. The molecule has 0 saturated heterocycles. The molecule has 1 aromatic heterocycles. The molecule has 2 rings (SSSR count). The zero-order chi connectivity index (χ0) is 16.5. The van der Waals surface area contributed by atoms with E-state index in [1.165, 1.54) is 6.07 Å². The molecule has 0 aliphatic carbocycles. The molecule has 0 atom stereocenters. The Hall–Kier alpha value is -1.82. The lowest BCUT2D eigenvalue weighted by Gasteiger charge is -2.11. The number of aryl methyl sites for hydroxylation is 1. The third-order valence-corrected chi connectivity index (χ3v) is 3.89. The minimum Gasteiger partial charge on any atom is -0.469 e. The summed E-state index contributed by atoms with van der Waals surface area (Å²) in [6.07, 6.45) is 3.99. The lowest BCUT2D eigenvalue weighted by atomic mass is 10.1. The SMILES string of the molecule is CN=C(NCCCc1ccc(Br)cc1F)NCCc1ccco1. The van der Waals surface area contributed by atoms with E-state index in [1.54, 1.807) is 13.3 Å². The second-order valence-electron chi connectivity index (χ2n) is 5.09. The van der Waals surface area contributed by atoms with E-state index < -0.39 is 0 Å². The van der Waals surface area contributed by atoms with Crippen molar-refractivity contribution < 1.29 is 8.81 Å². The van der Waals surface area contributed by atoms with Crippen LogP contribution in [-0.2, 0) is 12.8 Å². The number of halogens is 2. The van der Waals surface area contributed by atoms with Crippen LogP contribution in [0.4, 0.5) is 4.39 Å². The Kier molecular flexibility index (Phi) is 7.13. The maximum atomic E-state index is 13.7. The van der Waals surface area contributed by atoms with Crippen molar-refractivity contribution in [2.75, 3.05) is 20.1 Å². The summed E-state index contributed by atoms with van der Waals surface area (Å²) >= 11 is 3.26. The smallest absolute Gasteiger partial charge is 0.190 e. The van der Waals surface area contributed by atoms with Crippen LogP contribution in [0, 0.1) is 5.82 Å². The lowest BCUT2D eigenvalue weighted by Crippen LogP contribution is -2.38. The molecule has 23 heavy (non-hydrogen) atoms. The van der Waals surface area contributed by atoms with Gasteiger partial charge in [0.1, 0.15) is 11.6 Å². The van der Waals surface area contributed by atoms with Crippen molar-refractivity contribution >= 4 is 21.9 Å². The van der Waals surface area contributed by atoms with Crippen LogP contribution in [0.1, 0.15) is 17.7 Å². The topological polar surface area (TPSA) is 49.6 Å². The number of hydrogen-bond donors (Lipinski definition) is 2. The highest BCUT2D eigenvalue weighted by Gasteiger charge is 2.03. The zero-order valence-electron chi connectivity index (χ0n) is 13.1. The normalized spacial score (nSPS) is 11.5. The summed E-state index contributed by atoms with van der Waals surface area (Å²) in [6, 6.07) is 9.00. The Morgan fingerprint density at radius 3 is 2.74 bits per heavy atom. The Bertz CT molecular complexity index is 629. The van der Waals surface area contributed by atoms with Gasteiger partial charge in [-0.05, 0) is 42.7 Å². The van der Waals surface area contributed by atoms with Gasteiger partial charge in [0.25, 0.3) is 0 Å². The van der Waals surface area contributed by atoms with Crippen LogP contribution in [-0.4, -0.2) is 26.1 Å². The highest BCUT2D eigenvalue weighted by Crippen LogP contribution is 2.16. The number of benzene rings is 1. The summed E-state index contributed by atoms with van der Waals surface area (Å²) < 4.78 is 19.7. The molecule has 0 aliphatic rings. The predicted molar refractivity (Wildman–Crippen MR) is 94.2 cm³/mol. The Labute approximate surface area is 144 Å². The Morgan fingerprint density at radius 1 is 1.22 bits per heavy atom. The number of hydrogen-bond acceptors (Lipinski definition) is 2. The van der Waals surface area contributed by atoms with Crippen LogP contribution >= 0.6 is 15.9 Å². The van der Waals surface area contributed by atoms with E-state index in [-0.39, 0.29) is 5.82 Å². The van der Waals surface area contributed by atoms with Crippen LogP contribution in [0.5, 0.6) is 0 Å². The van der Waals surface area contributed by atoms with E-state index in [9.17, 15) is 4.39 Å². The quantitative estimate of drug-likeness (QED) is 0.438. The first-order valence-corrected chi connectivity index (χ1v) is 8.39. The predicted octanol–water partition coefficient (Wildman–Crippen LogP) is 3.52. The van der Waals surface area contributed by atoms with Gasteiger partial charge in [-0.15, -0.1) is 0 Å². The van der Waals surface area contributed by atoms with E-state index >= 15 is 0 Å². The van der Waals surface area contributed by atoms with Crippen LogP contribution in [0.3, 0.4) is 0 Å². The highest BCUT2D eigenvalue weighted by atomic mass is 79.9. The second-order valence-corrected chi connectivity index (χ2v) is 6.01. The van der Waals surface area contributed by atoms with Crippen LogP contribution < -0.4 is 10.6 Å². The molecule has 1 heterocycles. The standard InChI is InChI=1S/C17H21BrFN3O/c1-20-17(22-10-8-15-5-3-11-23-15)21-9-2-4-13-6-7-14(18)12-16(13)19/h3,5-7,11-12H,2,4,8-10H2,1H3,(H2,20,21,22). The molecule has 0 fully saturated rings. The summed E-state index contributed by atoms with van der Waals surface area (Å²) in [5.74, 6) is 1.52. The van der Waals surface area contributed by atoms with E-state index in [4.69, 9.17) is 4.42 Å². The van der Waals surface area contributed by atoms with Crippen molar-refractivity contribution in [3.05, 3.63) is 58.2 Å². The fourth-order valence-electron chi connectivity index (χ4n) is 2.19. The molecule has 2 aromatic rings. The summed E-state index contributed by atoms with van der Waals surface area (Å²) in [6.45, 7) is 1.48. The number of nitrogens with one attached hydrogen (secondary N) is 2. The first-order chi connectivity index (χ1) is 11.2. The zero-order valence-corrected chi connectivity index (χ0v) is 14.7. The van der Waals surface area contributed by atoms with Crippen molar-refractivity contribution in [2.45, 2.75) is 19.3 Å². The van der Waals surface area contributed by atoms with Gasteiger partial charge in [0.15, 0.2) is 5.96 Å². The third kappa shape index (κ3) is 6.06. The van der Waals surface area contributed by atoms with Gasteiger partial charge in [-0.3, -0.25) is 4.99 Å². The lowest BCUT2D eigenvalue weighted by molar-refractivity contribution is 0.506. The summed E-state index contributed by atoms with van der Waals surface area (Å²) in [4.78, 5) is 4.16. The minimum absolute atomic E-state index is 0.166. The molecule has 0 bridgehead atoms. The highest BCUT2D eigenvalue weighted by molar-refractivity contribution is 9.10. The molecule has 0 radical (unpaired) electrons. The van der Waals surface area contributed by atoms with E-state index in [1.807, 2.05) is 24.3 Å². The van der Waals surface area contributed by atoms with Gasteiger partial charge in [-0.2, -0.15) is 0 Å². The molecular weight excluding hydrogens is 361 g/mol. The molecule has 0 unspecified atom stereocenters. The third-order valence-electron chi connectivity index (χ3n) is 3.40. The van der Waals surface area contributed by atoms with Gasteiger partial charge >= 0.3 is 0 Å². The molecule has 2 N–H and O–H groups in total. The first-order valence-electron chi connectivity index (χ1n) is 7.60. The van der Waals surface area contributed by atoms with Gasteiger partial charge in [0.2, 0.25) is 0 Å². The molecule has 0 saturated carbocycles. The first kappa shape index (κ1) is 17.5. The van der Waals surface area contributed by atoms with Crippen LogP contribution in [0.15, 0.2) is 50.5 Å². The average molecular weight is 382 g/mol. The van der Waals surface area contributed by atoms with Gasteiger partial charge in [0, 0.05) is 31.0 Å². The molecule has 0 spiro atoms. The van der Waals surface area contributed by atoms with E-state index in [0.29, 0.717) is 6.42 Å². The fourth-order valence-corrected chi connectivity index (χ4v) is 2.52. The number of furan rings is 1. The van der Waals surface area contributed by atoms with E-state index in [2.05, 4.69) is 31.6 Å². The number of nitrogens with zero attached hydrogens (tertiary/aromatic N) is 1. The number of aliphatic imine (C=N–C) groups is 1. The number of guanidine groups is 1. The van der Waals surface area contributed by atoms with Gasteiger partial charge < -0.3 is 15.1 Å². The summed E-state index contributed by atoms with van der Waals surface area (Å²) in [5, 5.41) is 6.45. The Morgan fingerprint density at radius 2 is 2.04 bits per heavy atom. The molecular formula is C17H21BrFN3O. The van der Waals surface area contributed by atoms with Crippen molar-refractivity contribution in [1.82, 2.24) is 10.6 Å². The Balaban J connectivity index is 1.65. The van der Waals surface area contributed by atoms with E-state index in [0.717, 1.165) is 47.7 Å². The molecule has 1 aromatic carbocycles. The van der Waals surface area contributed by atoms with Crippen molar-refractivity contribution in [3.8, 4) is 0 Å². The molecule has 6 heteroatoms. The van der Waals surface area contributed by atoms with Gasteiger partial charge in [-0.25, -0.2) is 4.39 Å². The summed E-state index contributed by atoms with van der Waals surface area (Å²) in [5.41, 5.74) is 0.732. The molecule has 124 valence electrons. The van der Waals surface area contributed by atoms with Crippen LogP contribution in [0.25, 0.3) is 0 Å². The van der Waals surface area contributed by atoms with Gasteiger partial charge in [0.05, 0.1) is 6.26 Å². The molecule has 0 aliphatic heterocycles. The van der Waals surface area contributed by atoms with Crippen LogP contribution in [0.2, 0.25) is 0 Å². The second kappa shape index (κ2) is 9.35. The maximum absolute atomic E-state index is 13.7. The maximum Gasteiger partial charge on any atom is 0.190 e. The monoisotopic (exact) mass is 381 g/mol. The average Bonchev–Trinajstić information content (AvgIpc) is 3.04. The largest absolute Gasteiger partial charge is 0.469 e.